The van der Waals surface area contributed by atoms with Gasteiger partial charge in [0.25, 0.3) is 0 Å². The minimum absolute atomic E-state index is 0.00383. The maximum absolute atomic E-state index is 12.8. The number of nitrogens with two attached hydrogens (primary N) is 1. The van der Waals surface area contributed by atoms with E-state index in [1.54, 1.807) is 19.2 Å². The van der Waals surface area contributed by atoms with Crippen molar-refractivity contribution in [3.63, 3.8) is 0 Å². The Bertz CT molecular complexity index is 1150. The van der Waals surface area contributed by atoms with Gasteiger partial charge in [-0.1, -0.05) is 13.0 Å². The molecular weight excluding hydrogens is 480 g/mol. The molecule has 4 rings (SSSR count). The second kappa shape index (κ2) is 10.4. The second-order valence-electron chi connectivity index (χ2n) is 8.40. The zero-order chi connectivity index (χ0) is 24.3. The Morgan fingerprint density at radius 1 is 1.24 bits per heavy atom. The minimum Gasteiger partial charge on any atom is -0.441 e. The van der Waals surface area contributed by atoms with Crippen molar-refractivity contribution in [3.05, 3.63) is 35.0 Å². The van der Waals surface area contributed by atoms with E-state index in [4.69, 9.17) is 15.2 Å². The van der Waals surface area contributed by atoms with Crippen LogP contribution in [0.15, 0.2) is 29.3 Å². The molecule has 1 saturated heterocycles. The number of benzene rings is 1. The highest BCUT2D eigenvalue weighted by molar-refractivity contribution is 7.89. The summed E-state index contributed by atoms with van der Waals surface area (Å²) in [5.74, 6) is -0.466. The molecule has 34 heavy (non-hydrogen) atoms. The zero-order valence-corrected chi connectivity index (χ0v) is 20.4. The van der Waals surface area contributed by atoms with Gasteiger partial charge in [-0.3, -0.25) is 4.79 Å². The largest absolute Gasteiger partial charge is 0.441 e. The third-order valence-electron chi connectivity index (χ3n) is 5.96. The van der Waals surface area contributed by atoms with E-state index >= 15 is 0 Å². The lowest BCUT2D eigenvalue weighted by molar-refractivity contribution is -0.0985. The third kappa shape index (κ3) is 5.57. The molecule has 12 heteroatoms. The van der Waals surface area contributed by atoms with Gasteiger partial charge in [-0.25, -0.2) is 22.9 Å². The van der Waals surface area contributed by atoms with E-state index in [2.05, 4.69) is 15.0 Å². The maximum atomic E-state index is 12.8. The van der Waals surface area contributed by atoms with E-state index in [1.807, 2.05) is 0 Å². The fourth-order valence-corrected chi connectivity index (χ4v) is 6.57. The van der Waals surface area contributed by atoms with Crippen LogP contribution in [0.25, 0.3) is 10.4 Å². The number of hydrogen-bond acceptors (Lipinski definition) is 8. The second-order valence-corrected chi connectivity index (χ2v) is 11.2. The number of nitrogens with zero attached hydrogens (tertiary/aromatic N) is 1. The van der Waals surface area contributed by atoms with Crippen LogP contribution in [0.3, 0.4) is 0 Å². The number of nitrogens with one attached hydrogen (secondary N) is 2. The summed E-state index contributed by atoms with van der Waals surface area (Å²) in [5, 5.41) is 3.85. The molecule has 184 valence electrons. The predicted octanol–water partition coefficient (Wildman–Crippen LogP) is 2.36. The topological polar surface area (TPSA) is 150 Å². The van der Waals surface area contributed by atoms with E-state index in [0.717, 1.165) is 30.7 Å². The van der Waals surface area contributed by atoms with Crippen LogP contribution < -0.4 is 15.8 Å². The number of hydrogen-bond donors (Lipinski definition) is 3. The number of sulfonamides is 1. The molecule has 4 N–H and O–H groups in total. The summed E-state index contributed by atoms with van der Waals surface area (Å²) in [5.41, 5.74) is 5.97. The number of thiazole rings is 1. The summed E-state index contributed by atoms with van der Waals surface area (Å²) in [6, 6.07) is 4.48. The molecule has 2 aromatic rings. The molecule has 2 fully saturated rings. The van der Waals surface area contributed by atoms with E-state index in [9.17, 15) is 18.0 Å². The predicted molar refractivity (Wildman–Crippen MR) is 126 cm³/mol. The van der Waals surface area contributed by atoms with Crippen LogP contribution in [0.4, 0.5) is 4.79 Å². The van der Waals surface area contributed by atoms with E-state index in [1.165, 1.54) is 23.5 Å². The van der Waals surface area contributed by atoms with Crippen molar-refractivity contribution < 1.29 is 27.5 Å². The molecule has 1 aliphatic heterocycles. The molecule has 0 atom stereocenters. The van der Waals surface area contributed by atoms with Crippen molar-refractivity contribution in [2.45, 2.75) is 55.6 Å². The number of amides is 2. The van der Waals surface area contributed by atoms with Crippen molar-refractivity contribution in [2.75, 3.05) is 19.8 Å². The molecule has 10 nitrogen and oxygen atoms in total. The Morgan fingerprint density at radius 2 is 1.97 bits per heavy atom. The molecular formula is C22H28N4O6S2. The van der Waals surface area contributed by atoms with Gasteiger partial charge in [-0.2, -0.15) is 0 Å². The van der Waals surface area contributed by atoms with Crippen LogP contribution in [-0.2, 0) is 19.5 Å². The molecule has 2 heterocycles. The summed E-state index contributed by atoms with van der Waals surface area (Å²) >= 11 is 1.44. The van der Waals surface area contributed by atoms with Crippen LogP contribution in [0.1, 0.15) is 53.9 Å². The molecule has 1 aliphatic carbocycles. The van der Waals surface area contributed by atoms with Gasteiger partial charge in [0, 0.05) is 35.8 Å². The Labute approximate surface area is 202 Å². The number of aromatic nitrogens is 1. The molecule has 1 aromatic heterocycles. The monoisotopic (exact) mass is 508 g/mol. The molecule has 0 unspecified atom stereocenters. The van der Waals surface area contributed by atoms with E-state index < -0.39 is 22.0 Å². The van der Waals surface area contributed by atoms with Crippen molar-refractivity contribution in [3.8, 4) is 10.4 Å². The summed E-state index contributed by atoms with van der Waals surface area (Å²) in [4.78, 5) is 28.9. The molecule has 0 radical (unpaired) electrons. The number of alkyl carbamates (subject to hydrolysis) is 1. The lowest BCUT2D eigenvalue weighted by atomic mass is 9.86. The van der Waals surface area contributed by atoms with Crippen molar-refractivity contribution in [1.82, 2.24) is 15.0 Å². The summed E-state index contributed by atoms with van der Waals surface area (Å²) in [6.45, 7) is 2.81. The smallest absolute Gasteiger partial charge is 0.407 e. The highest BCUT2D eigenvalue weighted by Gasteiger charge is 2.29. The Balaban J connectivity index is 1.45. The van der Waals surface area contributed by atoms with E-state index in [-0.39, 0.29) is 35.1 Å². The fourth-order valence-electron chi connectivity index (χ4n) is 4.09. The third-order valence-corrected chi connectivity index (χ3v) is 8.74. The Morgan fingerprint density at radius 3 is 2.59 bits per heavy atom. The number of primary amides is 1. The van der Waals surface area contributed by atoms with Crippen LogP contribution in [0.5, 0.6) is 0 Å². The first-order chi connectivity index (χ1) is 16.3. The van der Waals surface area contributed by atoms with E-state index in [0.29, 0.717) is 23.7 Å². The highest BCUT2D eigenvalue weighted by Crippen LogP contribution is 2.39. The number of carbonyl (C=O) groups excluding carboxylic acids is 2. The number of carbonyl (C=O) groups is 2. The van der Waals surface area contributed by atoms with Crippen LogP contribution >= 0.6 is 11.3 Å². The molecule has 0 spiro atoms. The van der Waals surface area contributed by atoms with Gasteiger partial charge >= 0.3 is 6.09 Å². The first kappa shape index (κ1) is 24.6. The highest BCUT2D eigenvalue weighted by atomic mass is 32.2. The summed E-state index contributed by atoms with van der Waals surface area (Å²) in [7, 11) is -3.82. The van der Waals surface area contributed by atoms with Gasteiger partial charge < -0.3 is 20.5 Å². The van der Waals surface area contributed by atoms with Crippen LogP contribution in [0, 0.1) is 0 Å². The van der Waals surface area contributed by atoms with Gasteiger partial charge in [0.2, 0.25) is 15.9 Å². The fraction of sp³-hybridized carbons (Fsp3) is 0.500. The van der Waals surface area contributed by atoms with Gasteiger partial charge in [-0.15, -0.1) is 11.3 Å². The quantitative estimate of drug-likeness (QED) is 0.495. The Hall–Kier alpha value is -2.54. The average molecular weight is 509 g/mol. The van der Waals surface area contributed by atoms with Crippen molar-refractivity contribution in [1.29, 1.82) is 0 Å². The minimum atomic E-state index is -3.82. The molecule has 2 amide bonds. The summed E-state index contributed by atoms with van der Waals surface area (Å²) in [6.07, 6.45) is 4.45. The normalized spacial score (nSPS) is 21.0. The molecule has 1 aromatic carbocycles. The SMILES string of the molecule is CCNS(=O)(=O)c1cc(C(N)=O)ccc1-c1cnc([C@H]2CC[C@H](NC(=O)OC3COC3)CC2)s1. The average Bonchev–Trinajstić information content (AvgIpc) is 3.26. The molecule has 0 bridgehead atoms. The van der Waals surface area contributed by atoms with Crippen molar-refractivity contribution >= 4 is 33.4 Å². The number of rotatable bonds is 8. The lowest BCUT2D eigenvalue weighted by Gasteiger charge is -2.30. The zero-order valence-electron chi connectivity index (χ0n) is 18.8. The summed E-state index contributed by atoms with van der Waals surface area (Å²) < 4.78 is 38.3. The van der Waals surface area contributed by atoms with Crippen molar-refractivity contribution in [2.24, 2.45) is 5.73 Å². The standard InChI is InChI=1S/C22H28N4O6S2/c1-2-25-34(29,30)19-9-14(20(23)27)5-8-17(19)18-10-24-21(33-18)13-3-6-15(7-4-13)26-22(28)32-16-11-31-12-16/h5,8-10,13,15-16,25H,2-4,6-7,11-12H2,1H3,(H2,23,27)(H,26,28)/t13-,15-. The number of ether oxygens (including phenoxy) is 2. The van der Waals surface area contributed by atoms with Gasteiger partial charge in [0.05, 0.1) is 28.0 Å². The van der Waals surface area contributed by atoms with Gasteiger partial charge in [0.15, 0.2) is 6.10 Å². The van der Waals surface area contributed by atoms with Gasteiger partial charge in [0.1, 0.15) is 0 Å². The van der Waals surface area contributed by atoms with Crippen LogP contribution in [0.2, 0.25) is 0 Å². The maximum Gasteiger partial charge on any atom is 0.407 e. The first-order valence-corrected chi connectivity index (χ1v) is 13.5. The molecule has 1 saturated carbocycles. The van der Waals surface area contributed by atoms with Crippen LogP contribution in [-0.4, -0.2) is 57.3 Å². The first-order valence-electron chi connectivity index (χ1n) is 11.2. The Kier molecular flexibility index (Phi) is 7.51. The molecule has 2 aliphatic rings. The lowest BCUT2D eigenvalue weighted by Crippen LogP contribution is -2.44. The van der Waals surface area contributed by atoms with Gasteiger partial charge in [-0.05, 0) is 37.8 Å².